The predicted octanol–water partition coefficient (Wildman–Crippen LogP) is 4.05. The van der Waals surface area contributed by atoms with Gasteiger partial charge in [-0.05, 0) is 31.5 Å². The molecule has 1 aromatic heterocycles. The van der Waals surface area contributed by atoms with Crippen LogP contribution in [0.3, 0.4) is 0 Å². The van der Waals surface area contributed by atoms with Crippen molar-refractivity contribution in [3.63, 3.8) is 0 Å². The third kappa shape index (κ3) is 5.02. The van der Waals surface area contributed by atoms with E-state index in [0.29, 0.717) is 22.3 Å². The van der Waals surface area contributed by atoms with Gasteiger partial charge in [0.05, 0.1) is 17.8 Å². The molecule has 0 fully saturated rings. The van der Waals surface area contributed by atoms with E-state index in [1.807, 2.05) is 6.92 Å². The second-order valence-corrected chi connectivity index (χ2v) is 6.10. The van der Waals surface area contributed by atoms with E-state index in [-0.39, 0.29) is 5.91 Å². The highest BCUT2D eigenvalue weighted by Gasteiger charge is 2.28. The highest BCUT2D eigenvalue weighted by atomic mass is 32.2. The molecule has 2 aromatic rings. The Kier molecular flexibility index (Phi) is 5.35. The minimum absolute atomic E-state index is 0.317. The van der Waals surface area contributed by atoms with Gasteiger partial charge in [0.15, 0.2) is 0 Å². The Morgan fingerprint density at radius 3 is 2.78 bits per heavy atom. The Hall–Kier alpha value is -1.96. The van der Waals surface area contributed by atoms with E-state index in [1.165, 1.54) is 6.33 Å². The first-order valence-electron chi connectivity index (χ1n) is 6.85. The lowest BCUT2D eigenvalue weighted by atomic mass is 10.2. The van der Waals surface area contributed by atoms with E-state index in [9.17, 15) is 18.0 Å². The zero-order chi connectivity index (χ0) is 17.0. The molecular weight excluding hydrogens is 327 g/mol. The number of aromatic nitrogens is 2. The fourth-order valence-corrected chi connectivity index (χ4v) is 2.65. The molecule has 1 amide bonds. The molecule has 0 aliphatic carbocycles. The number of benzene rings is 1. The zero-order valence-electron chi connectivity index (χ0n) is 12.6. The fourth-order valence-electron chi connectivity index (χ4n) is 1.90. The van der Waals surface area contributed by atoms with Crippen molar-refractivity contribution < 1.29 is 18.0 Å². The predicted molar refractivity (Wildman–Crippen MR) is 83.5 cm³/mol. The van der Waals surface area contributed by atoms with E-state index < -0.39 is 18.0 Å². The number of hydrogen-bond donors (Lipinski definition) is 1. The minimum atomic E-state index is -4.26. The first-order chi connectivity index (χ1) is 10.8. The van der Waals surface area contributed by atoms with Crippen LogP contribution in [0.1, 0.15) is 18.5 Å². The normalized spacial score (nSPS) is 12.9. The monoisotopic (exact) mass is 343 g/mol. The van der Waals surface area contributed by atoms with Gasteiger partial charge < -0.3 is 9.88 Å². The summed E-state index contributed by atoms with van der Waals surface area (Å²) in [5, 5.41) is 2.70. The molecule has 0 aliphatic rings. The van der Waals surface area contributed by atoms with Gasteiger partial charge in [-0.15, -0.1) is 11.8 Å². The summed E-state index contributed by atoms with van der Waals surface area (Å²) >= 11 is 0.655. The van der Waals surface area contributed by atoms with Gasteiger partial charge >= 0.3 is 6.18 Å². The second-order valence-electron chi connectivity index (χ2n) is 5.08. The van der Waals surface area contributed by atoms with Crippen LogP contribution >= 0.6 is 11.8 Å². The molecule has 1 heterocycles. The molecule has 124 valence electrons. The number of anilines is 1. The van der Waals surface area contributed by atoms with Crippen molar-refractivity contribution in [2.75, 3.05) is 11.1 Å². The molecule has 4 nitrogen and oxygen atoms in total. The SMILES string of the molecule is Cc1ccc(SCC(F)(F)F)c(NC(=O)C(C)n2ccnc2)c1. The van der Waals surface area contributed by atoms with Gasteiger partial charge in [0.2, 0.25) is 5.91 Å². The second kappa shape index (κ2) is 7.08. The third-order valence-corrected chi connectivity index (χ3v) is 4.27. The summed E-state index contributed by atoms with van der Waals surface area (Å²) in [4.78, 5) is 16.5. The standard InChI is InChI=1S/C15H16F3N3OS/c1-10-3-4-13(23-8-15(16,17)18)12(7-10)20-14(22)11(2)21-6-5-19-9-21/h3-7,9,11H,8H2,1-2H3,(H,20,22). The molecule has 23 heavy (non-hydrogen) atoms. The molecule has 0 saturated carbocycles. The molecule has 1 unspecified atom stereocenters. The summed E-state index contributed by atoms with van der Waals surface area (Å²) in [6, 6.07) is 4.45. The molecular formula is C15H16F3N3OS. The molecule has 2 rings (SSSR count). The summed E-state index contributed by atoms with van der Waals surface area (Å²) in [6.07, 6.45) is 0.460. The van der Waals surface area contributed by atoms with Gasteiger partial charge in [0, 0.05) is 17.3 Å². The number of thioether (sulfide) groups is 1. The van der Waals surface area contributed by atoms with E-state index in [4.69, 9.17) is 0 Å². The van der Waals surface area contributed by atoms with E-state index in [2.05, 4.69) is 10.3 Å². The van der Waals surface area contributed by atoms with Gasteiger partial charge in [-0.1, -0.05) is 6.07 Å². The first-order valence-corrected chi connectivity index (χ1v) is 7.83. The third-order valence-electron chi connectivity index (χ3n) is 3.14. The van der Waals surface area contributed by atoms with Crippen molar-refractivity contribution in [1.82, 2.24) is 9.55 Å². The zero-order valence-corrected chi connectivity index (χ0v) is 13.4. The Labute approximate surface area is 136 Å². The summed E-state index contributed by atoms with van der Waals surface area (Å²) in [5.41, 5.74) is 1.24. The van der Waals surface area contributed by atoms with Crippen molar-refractivity contribution in [3.05, 3.63) is 42.5 Å². The molecule has 1 aromatic carbocycles. The largest absolute Gasteiger partial charge is 0.398 e. The molecule has 0 spiro atoms. The molecule has 8 heteroatoms. The lowest BCUT2D eigenvalue weighted by Crippen LogP contribution is -2.23. The molecule has 0 radical (unpaired) electrons. The van der Waals surface area contributed by atoms with Crippen LogP contribution in [0.15, 0.2) is 41.8 Å². The smallest absolute Gasteiger partial charge is 0.325 e. The average molecular weight is 343 g/mol. The van der Waals surface area contributed by atoms with Crippen LogP contribution in [0.25, 0.3) is 0 Å². The summed E-state index contributed by atoms with van der Waals surface area (Å²) in [6.45, 7) is 3.50. The number of aryl methyl sites for hydroxylation is 1. The quantitative estimate of drug-likeness (QED) is 0.833. The fraction of sp³-hybridized carbons (Fsp3) is 0.333. The Morgan fingerprint density at radius 2 is 2.17 bits per heavy atom. The van der Waals surface area contributed by atoms with Crippen LogP contribution in [-0.2, 0) is 4.79 Å². The topological polar surface area (TPSA) is 46.9 Å². The van der Waals surface area contributed by atoms with E-state index in [0.717, 1.165) is 5.56 Å². The number of halogens is 3. The maximum absolute atomic E-state index is 12.4. The van der Waals surface area contributed by atoms with Crippen LogP contribution in [0.5, 0.6) is 0 Å². The first kappa shape index (κ1) is 17.4. The van der Waals surface area contributed by atoms with Gasteiger partial charge in [-0.2, -0.15) is 13.2 Å². The van der Waals surface area contributed by atoms with Crippen LogP contribution < -0.4 is 5.32 Å². The molecule has 1 N–H and O–H groups in total. The van der Waals surface area contributed by atoms with Gasteiger partial charge in [-0.25, -0.2) is 4.98 Å². The number of hydrogen-bond acceptors (Lipinski definition) is 3. The van der Waals surface area contributed by atoms with Crippen LogP contribution in [-0.4, -0.2) is 27.4 Å². The number of imidazole rings is 1. The Morgan fingerprint density at radius 1 is 1.43 bits per heavy atom. The lowest BCUT2D eigenvalue weighted by Gasteiger charge is -2.16. The van der Waals surface area contributed by atoms with Gasteiger partial charge in [0.25, 0.3) is 0 Å². The number of nitrogens with one attached hydrogen (secondary N) is 1. The number of alkyl halides is 3. The molecule has 0 bridgehead atoms. The molecule has 0 saturated heterocycles. The number of rotatable bonds is 5. The van der Waals surface area contributed by atoms with Gasteiger partial charge in [-0.3, -0.25) is 4.79 Å². The Balaban J connectivity index is 2.14. The highest BCUT2D eigenvalue weighted by molar-refractivity contribution is 7.99. The van der Waals surface area contributed by atoms with Crippen molar-refractivity contribution in [2.24, 2.45) is 0 Å². The number of carbonyl (C=O) groups is 1. The molecule has 0 aliphatic heterocycles. The van der Waals surface area contributed by atoms with E-state index >= 15 is 0 Å². The Bertz CT molecular complexity index is 671. The van der Waals surface area contributed by atoms with E-state index in [1.54, 1.807) is 42.1 Å². The van der Waals surface area contributed by atoms with Crippen LogP contribution in [0.4, 0.5) is 18.9 Å². The van der Waals surface area contributed by atoms with Crippen LogP contribution in [0.2, 0.25) is 0 Å². The summed E-state index contributed by atoms with van der Waals surface area (Å²) < 4.78 is 38.8. The van der Waals surface area contributed by atoms with Gasteiger partial charge in [0.1, 0.15) is 6.04 Å². The lowest BCUT2D eigenvalue weighted by molar-refractivity contribution is -0.118. The minimum Gasteiger partial charge on any atom is -0.325 e. The van der Waals surface area contributed by atoms with Crippen molar-refractivity contribution in [3.8, 4) is 0 Å². The summed E-state index contributed by atoms with van der Waals surface area (Å²) in [7, 11) is 0. The molecule has 1 atom stereocenters. The number of nitrogens with zero attached hydrogens (tertiary/aromatic N) is 2. The van der Waals surface area contributed by atoms with Crippen molar-refractivity contribution in [1.29, 1.82) is 0 Å². The van der Waals surface area contributed by atoms with Crippen LogP contribution in [0, 0.1) is 6.92 Å². The highest BCUT2D eigenvalue weighted by Crippen LogP contribution is 2.33. The maximum Gasteiger partial charge on any atom is 0.398 e. The number of carbonyl (C=O) groups excluding carboxylic acids is 1. The average Bonchev–Trinajstić information content (AvgIpc) is 2.98. The number of amides is 1. The maximum atomic E-state index is 12.4. The summed E-state index contributed by atoms with van der Waals surface area (Å²) in [5.74, 6) is -1.32. The van der Waals surface area contributed by atoms with Crippen molar-refractivity contribution >= 4 is 23.4 Å². The van der Waals surface area contributed by atoms with Crippen molar-refractivity contribution in [2.45, 2.75) is 31.0 Å².